The third-order valence-corrected chi connectivity index (χ3v) is 6.47. The van der Waals surface area contributed by atoms with Gasteiger partial charge in [-0.3, -0.25) is 9.13 Å². The van der Waals surface area contributed by atoms with Crippen LogP contribution in [0.5, 0.6) is 0 Å². The lowest BCUT2D eigenvalue weighted by molar-refractivity contribution is 0.691. The van der Waals surface area contributed by atoms with E-state index in [0.717, 1.165) is 59.3 Å². The van der Waals surface area contributed by atoms with Gasteiger partial charge < -0.3 is 0 Å². The van der Waals surface area contributed by atoms with Gasteiger partial charge in [0.2, 0.25) is 0 Å². The molecule has 0 saturated heterocycles. The topological polar surface area (TPSA) is 81.4 Å². The molecule has 0 unspecified atom stereocenters. The quantitative estimate of drug-likeness (QED) is 0.306. The summed E-state index contributed by atoms with van der Waals surface area (Å²) in [6.07, 6.45) is 5.85. The molecule has 182 valence electrons. The first-order valence-corrected chi connectivity index (χ1v) is 12.5. The van der Waals surface area contributed by atoms with Gasteiger partial charge in [0.05, 0.1) is 12.2 Å². The molecule has 0 fully saturated rings. The maximum atomic E-state index is 13.6. The van der Waals surface area contributed by atoms with Gasteiger partial charge in [-0.25, -0.2) is 9.89 Å². The number of aromatic amines is 1. The van der Waals surface area contributed by atoms with Crippen LogP contribution in [0.3, 0.4) is 0 Å². The molecule has 3 aromatic carbocycles. The van der Waals surface area contributed by atoms with Gasteiger partial charge in [0.15, 0.2) is 5.82 Å². The van der Waals surface area contributed by atoms with E-state index in [1.807, 2.05) is 51.7 Å². The highest BCUT2D eigenvalue weighted by Crippen LogP contribution is 2.30. The van der Waals surface area contributed by atoms with Crippen LogP contribution in [0.4, 0.5) is 0 Å². The zero-order valence-corrected chi connectivity index (χ0v) is 20.7. The number of nitrogens with zero attached hydrogens (tertiary/aromatic N) is 5. The third kappa shape index (κ3) is 4.64. The highest BCUT2D eigenvalue weighted by atomic mass is 16.1. The number of para-hydroxylation sites is 1. The van der Waals surface area contributed by atoms with Crippen LogP contribution in [0.25, 0.3) is 28.2 Å². The number of hydrogen-bond acceptors (Lipinski definition) is 4. The average molecular weight is 479 g/mol. The summed E-state index contributed by atoms with van der Waals surface area (Å²) < 4.78 is 3.74. The molecule has 5 aromatic rings. The first-order chi connectivity index (χ1) is 17.7. The van der Waals surface area contributed by atoms with Crippen molar-refractivity contribution in [1.29, 1.82) is 0 Å². The summed E-state index contributed by atoms with van der Waals surface area (Å²) in [5.41, 5.74) is 7.39. The summed E-state index contributed by atoms with van der Waals surface area (Å²) >= 11 is 0. The van der Waals surface area contributed by atoms with Crippen molar-refractivity contribution in [2.75, 3.05) is 0 Å². The molecule has 1 N–H and O–H groups in total. The van der Waals surface area contributed by atoms with Crippen LogP contribution in [0.15, 0.2) is 83.8 Å². The lowest BCUT2D eigenvalue weighted by Crippen LogP contribution is -2.25. The Morgan fingerprint density at radius 3 is 2.28 bits per heavy atom. The molecule has 0 bridgehead atoms. The monoisotopic (exact) mass is 478 g/mol. The van der Waals surface area contributed by atoms with E-state index in [0.29, 0.717) is 12.4 Å². The van der Waals surface area contributed by atoms with Crippen LogP contribution in [-0.2, 0) is 19.4 Å². The largest absolute Gasteiger partial charge is 0.333 e. The maximum Gasteiger partial charge on any atom is 0.333 e. The number of imidazole rings is 1. The molecule has 2 heterocycles. The summed E-state index contributed by atoms with van der Waals surface area (Å²) in [6.45, 7) is 4.84. The molecule has 0 aliphatic carbocycles. The van der Waals surface area contributed by atoms with E-state index in [4.69, 9.17) is 0 Å². The van der Waals surface area contributed by atoms with E-state index in [-0.39, 0.29) is 5.69 Å². The normalized spacial score (nSPS) is 11.2. The molecular formula is C29H30N6O. The van der Waals surface area contributed by atoms with E-state index in [1.165, 1.54) is 5.56 Å². The fourth-order valence-corrected chi connectivity index (χ4v) is 4.74. The molecule has 0 spiro atoms. The second kappa shape index (κ2) is 10.6. The summed E-state index contributed by atoms with van der Waals surface area (Å²) in [6, 6.07) is 24.6. The Labute approximate surface area is 210 Å². The summed E-state index contributed by atoms with van der Waals surface area (Å²) in [5, 5.41) is 14.3. The summed E-state index contributed by atoms with van der Waals surface area (Å²) in [4.78, 5) is 13.6. The fraction of sp³-hybridized carbons (Fsp3) is 0.241. The molecule has 5 rings (SSSR count). The molecule has 7 nitrogen and oxygen atoms in total. The van der Waals surface area contributed by atoms with E-state index < -0.39 is 0 Å². The van der Waals surface area contributed by atoms with Crippen LogP contribution >= 0.6 is 0 Å². The molecule has 0 amide bonds. The minimum absolute atomic E-state index is 0.00856. The van der Waals surface area contributed by atoms with E-state index in [2.05, 4.69) is 70.9 Å². The van der Waals surface area contributed by atoms with Gasteiger partial charge in [-0.05, 0) is 51.6 Å². The molecule has 0 radical (unpaired) electrons. The molecular weight excluding hydrogens is 448 g/mol. The highest BCUT2D eigenvalue weighted by Gasteiger charge is 2.15. The molecule has 0 aliphatic rings. The first-order valence-electron chi connectivity index (χ1n) is 12.5. The Kier molecular flexibility index (Phi) is 6.89. The molecule has 2 aromatic heterocycles. The van der Waals surface area contributed by atoms with Gasteiger partial charge >= 0.3 is 5.69 Å². The number of aryl methyl sites for hydroxylation is 2. The Balaban J connectivity index is 1.47. The minimum Gasteiger partial charge on any atom is -0.292 e. The second-order valence-electron chi connectivity index (χ2n) is 8.98. The van der Waals surface area contributed by atoms with Crippen LogP contribution in [-0.4, -0.2) is 29.8 Å². The number of tetrazole rings is 1. The van der Waals surface area contributed by atoms with Gasteiger partial charge in [-0.15, -0.1) is 5.10 Å². The van der Waals surface area contributed by atoms with E-state index in [9.17, 15) is 4.79 Å². The Morgan fingerprint density at radius 1 is 0.833 bits per heavy atom. The SMILES string of the molecule is CCCc1ccccc1-n1cc(CCC)n(Cc2ccc(-c3ccccc3-c3nnn[nH]3)cc2)c1=O. The number of benzene rings is 3. The van der Waals surface area contributed by atoms with Crippen LogP contribution in [0.1, 0.15) is 43.5 Å². The Morgan fingerprint density at radius 2 is 1.56 bits per heavy atom. The highest BCUT2D eigenvalue weighted by molar-refractivity contribution is 5.80. The van der Waals surface area contributed by atoms with Crippen molar-refractivity contribution in [2.24, 2.45) is 0 Å². The fourth-order valence-electron chi connectivity index (χ4n) is 4.74. The maximum absolute atomic E-state index is 13.6. The van der Waals surface area contributed by atoms with Crippen molar-refractivity contribution in [1.82, 2.24) is 29.8 Å². The van der Waals surface area contributed by atoms with Crippen LogP contribution in [0.2, 0.25) is 0 Å². The molecule has 0 saturated carbocycles. The lowest BCUT2D eigenvalue weighted by atomic mass is 9.98. The van der Waals surface area contributed by atoms with Crippen LogP contribution < -0.4 is 5.69 Å². The smallest absolute Gasteiger partial charge is 0.292 e. The molecule has 0 atom stereocenters. The van der Waals surface area contributed by atoms with E-state index in [1.54, 1.807) is 0 Å². The van der Waals surface area contributed by atoms with Crippen molar-refractivity contribution in [3.8, 4) is 28.2 Å². The third-order valence-electron chi connectivity index (χ3n) is 6.47. The van der Waals surface area contributed by atoms with Gasteiger partial charge in [-0.1, -0.05) is 93.4 Å². The van der Waals surface area contributed by atoms with Gasteiger partial charge in [0.25, 0.3) is 0 Å². The van der Waals surface area contributed by atoms with E-state index >= 15 is 0 Å². The number of H-pyrrole nitrogens is 1. The zero-order chi connectivity index (χ0) is 24.9. The standard InChI is InChI=1S/C29H30N6O/c1-3-9-23-11-5-8-14-27(23)35-20-24(10-4-2)34(29(35)36)19-21-15-17-22(18-16-21)25-12-6-7-13-26(25)28-30-32-33-31-28/h5-8,11-18,20H,3-4,9-10,19H2,1-2H3,(H,30,31,32,33). The summed E-state index contributed by atoms with van der Waals surface area (Å²) in [5.74, 6) is 0.634. The predicted octanol–water partition coefficient (Wildman–Crippen LogP) is 5.44. The summed E-state index contributed by atoms with van der Waals surface area (Å²) in [7, 11) is 0. The van der Waals surface area contributed by atoms with Gasteiger partial charge in [-0.2, -0.15) is 0 Å². The molecule has 0 aliphatic heterocycles. The number of rotatable bonds is 9. The number of hydrogen-bond donors (Lipinski definition) is 1. The average Bonchev–Trinajstić information content (AvgIpc) is 3.55. The van der Waals surface area contributed by atoms with Crippen molar-refractivity contribution in [3.63, 3.8) is 0 Å². The molecule has 7 heteroatoms. The van der Waals surface area contributed by atoms with Gasteiger partial charge in [0.1, 0.15) is 0 Å². The number of nitrogens with one attached hydrogen (secondary N) is 1. The number of aromatic nitrogens is 6. The molecule has 36 heavy (non-hydrogen) atoms. The minimum atomic E-state index is 0.00856. The van der Waals surface area contributed by atoms with Gasteiger partial charge in [0, 0.05) is 17.5 Å². The van der Waals surface area contributed by atoms with Crippen molar-refractivity contribution in [2.45, 2.75) is 46.1 Å². The van der Waals surface area contributed by atoms with Crippen LogP contribution in [0, 0.1) is 0 Å². The first kappa shape index (κ1) is 23.5. The lowest BCUT2D eigenvalue weighted by Gasteiger charge is -2.10. The van der Waals surface area contributed by atoms with Crippen molar-refractivity contribution < 1.29 is 0 Å². The Hall–Kier alpha value is -4.26. The predicted molar refractivity (Wildman–Crippen MR) is 142 cm³/mol. The van der Waals surface area contributed by atoms with Crippen molar-refractivity contribution >= 4 is 0 Å². The zero-order valence-electron chi connectivity index (χ0n) is 20.7. The Bertz CT molecular complexity index is 1500. The van der Waals surface area contributed by atoms with Crippen molar-refractivity contribution in [3.05, 3.63) is 106 Å². The second-order valence-corrected chi connectivity index (χ2v) is 8.98.